The van der Waals surface area contributed by atoms with Gasteiger partial charge in [-0.25, -0.2) is 0 Å². The smallest absolute Gasteiger partial charge is 0.161 e. The normalized spacial score (nSPS) is 12.5. The molecule has 2 nitrogen and oxygen atoms in total. The fourth-order valence-electron chi connectivity index (χ4n) is 1.53. The second-order valence-corrected chi connectivity index (χ2v) is 4.96. The Bertz CT molecular complexity index is 326. The fourth-order valence-corrected chi connectivity index (χ4v) is 1.69. The van der Waals surface area contributed by atoms with Crippen molar-refractivity contribution in [1.82, 2.24) is 0 Å². The fraction of sp³-hybridized carbons (Fsp3) is 0.571. The first-order chi connectivity index (χ1) is 8.15. The van der Waals surface area contributed by atoms with E-state index in [-0.39, 0.29) is 5.38 Å². The molecule has 0 aromatic heterocycles. The molecule has 0 aliphatic heterocycles. The van der Waals surface area contributed by atoms with Crippen LogP contribution in [0.15, 0.2) is 24.3 Å². The van der Waals surface area contributed by atoms with Gasteiger partial charge in [0, 0.05) is 5.38 Å². The topological polar surface area (TPSA) is 18.5 Å². The van der Waals surface area contributed by atoms with E-state index >= 15 is 0 Å². The summed E-state index contributed by atoms with van der Waals surface area (Å²) in [6, 6.07) is 7.68. The van der Waals surface area contributed by atoms with E-state index in [4.69, 9.17) is 21.1 Å². The van der Waals surface area contributed by atoms with E-state index in [9.17, 15) is 0 Å². The highest BCUT2D eigenvalue weighted by molar-refractivity contribution is 6.20. The lowest BCUT2D eigenvalue weighted by Gasteiger charge is -2.14. The Labute approximate surface area is 109 Å². The minimum Gasteiger partial charge on any atom is -0.493 e. The van der Waals surface area contributed by atoms with Crippen molar-refractivity contribution in [2.45, 2.75) is 32.1 Å². The molecule has 1 atom stereocenters. The summed E-state index contributed by atoms with van der Waals surface area (Å²) in [5.41, 5.74) is 0. The summed E-state index contributed by atoms with van der Waals surface area (Å²) in [5.74, 6) is 2.09. The molecule has 0 spiro atoms. The first kappa shape index (κ1) is 14.2. The zero-order valence-corrected chi connectivity index (χ0v) is 11.5. The molecule has 0 aliphatic rings. The highest BCUT2D eigenvalue weighted by atomic mass is 35.5. The van der Waals surface area contributed by atoms with Crippen LogP contribution in [0.25, 0.3) is 0 Å². The van der Waals surface area contributed by atoms with Crippen LogP contribution in [-0.4, -0.2) is 19.1 Å². The molecule has 0 radical (unpaired) electrons. The predicted octanol–water partition coefficient (Wildman–Crippen LogP) is 4.12. The van der Waals surface area contributed by atoms with Crippen LogP contribution in [0.4, 0.5) is 0 Å². The Balaban J connectivity index is 2.31. The highest BCUT2D eigenvalue weighted by Crippen LogP contribution is 2.26. The minimum absolute atomic E-state index is 0.233. The van der Waals surface area contributed by atoms with E-state index in [0.29, 0.717) is 12.5 Å². The summed E-state index contributed by atoms with van der Waals surface area (Å²) >= 11 is 6.18. The average molecular weight is 257 g/mol. The van der Waals surface area contributed by atoms with E-state index < -0.39 is 0 Å². The van der Waals surface area contributed by atoms with Gasteiger partial charge < -0.3 is 9.47 Å². The molecule has 0 aliphatic carbocycles. The molecule has 0 saturated carbocycles. The van der Waals surface area contributed by atoms with Gasteiger partial charge in [-0.05, 0) is 30.9 Å². The van der Waals surface area contributed by atoms with E-state index in [1.807, 2.05) is 24.3 Å². The number of alkyl halides is 1. The summed E-state index contributed by atoms with van der Waals surface area (Å²) in [6.07, 6.45) is 1.94. The van der Waals surface area contributed by atoms with Gasteiger partial charge in [0.1, 0.15) is 0 Å². The Morgan fingerprint density at radius 3 is 2.41 bits per heavy atom. The summed E-state index contributed by atoms with van der Waals surface area (Å²) in [4.78, 5) is 0. The predicted molar refractivity (Wildman–Crippen MR) is 72.2 cm³/mol. The van der Waals surface area contributed by atoms with E-state index in [1.54, 1.807) is 7.11 Å². The third kappa shape index (κ3) is 4.86. The van der Waals surface area contributed by atoms with Crippen molar-refractivity contribution in [2.75, 3.05) is 13.7 Å². The molecule has 0 bridgehead atoms. The highest BCUT2D eigenvalue weighted by Gasteiger charge is 2.09. The zero-order chi connectivity index (χ0) is 12.7. The van der Waals surface area contributed by atoms with Gasteiger partial charge >= 0.3 is 0 Å². The van der Waals surface area contributed by atoms with Crippen LogP contribution in [-0.2, 0) is 0 Å². The molecule has 0 fully saturated rings. The number of para-hydroxylation sites is 2. The van der Waals surface area contributed by atoms with Gasteiger partial charge in [0.2, 0.25) is 0 Å². The maximum atomic E-state index is 6.18. The zero-order valence-electron chi connectivity index (χ0n) is 10.8. The van der Waals surface area contributed by atoms with Crippen molar-refractivity contribution in [3.8, 4) is 11.5 Å². The number of benzene rings is 1. The van der Waals surface area contributed by atoms with Crippen molar-refractivity contribution in [1.29, 1.82) is 0 Å². The number of rotatable bonds is 7. The SMILES string of the molecule is COc1ccccc1OCCCC(Cl)C(C)C. The number of hydrogen-bond donors (Lipinski definition) is 0. The van der Waals surface area contributed by atoms with Gasteiger partial charge in [0.15, 0.2) is 11.5 Å². The molecule has 1 unspecified atom stereocenters. The molecular weight excluding hydrogens is 236 g/mol. The number of hydrogen-bond acceptors (Lipinski definition) is 2. The number of halogens is 1. The third-order valence-electron chi connectivity index (χ3n) is 2.67. The van der Waals surface area contributed by atoms with Crippen molar-refractivity contribution >= 4 is 11.6 Å². The first-order valence-corrected chi connectivity index (χ1v) is 6.48. The molecule has 1 aromatic carbocycles. The van der Waals surface area contributed by atoms with Crippen LogP contribution in [0.3, 0.4) is 0 Å². The Hall–Kier alpha value is -0.890. The first-order valence-electron chi connectivity index (χ1n) is 6.05. The maximum absolute atomic E-state index is 6.18. The minimum atomic E-state index is 0.233. The second kappa shape index (κ2) is 7.44. The molecular formula is C14H21ClO2. The van der Waals surface area contributed by atoms with Gasteiger partial charge in [-0.3, -0.25) is 0 Å². The summed E-state index contributed by atoms with van der Waals surface area (Å²) in [5, 5.41) is 0.233. The summed E-state index contributed by atoms with van der Waals surface area (Å²) in [7, 11) is 1.65. The molecule has 3 heteroatoms. The van der Waals surface area contributed by atoms with E-state index in [1.165, 1.54) is 0 Å². The lowest BCUT2D eigenvalue weighted by Crippen LogP contribution is -2.09. The van der Waals surface area contributed by atoms with Crippen molar-refractivity contribution in [2.24, 2.45) is 5.92 Å². The monoisotopic (exact) mass is 256 g/mol. The quantitative estimate of drug-likeness (QED) is 0.540. The largest absolute Gasteiger partial charge is 0.493 e. The third-order valence-corrected chi connectivity index (χ3v) is 3.40. The summed E-state index contributed by atoms with van der Waals surface area (Å²) in [6.45, 7) is 4.95. The van der Waals surface area contributed by atoms with E-state index in [0.717, 1.165) is 24.3 Å². The van der Waals surface area contributed by atoms with Crippen molar-refractivity contribution in [3.63, 3.8) is 0 Å². The lowest BCUT2D eigenvalue weighted by molar-refractivity contribution is 0.283. The molecule has 96 valence electrons. The van der Waals surface area contributed by atoms with Crippen LogP contribution < -0.4 is 9.47 Å². The molecule has 0 N–H and O–H groups in total. The molecule has 0 heterocycles. The van der Waals surface area contributed by atoms with Gasteiger partial charge in [-0.1, -0.05) is 26.0 Å². The van der Waals surface area contributed by atoms with E-state index in [2.05, 4.69) is 13.8 Å². The van der Waals surface area contributed by atoms with Crippen LogP contribution in [0.2, 0.25) is 0 Å². The van der Waals surface area contributed by atoms with Crippen LogP contribution in [0.5, 0.6) is 11.5 Å². The maximum Gasteiger partial charge on any atom is 0.161 e. The van der Waals surface area contributed by atoms with Gasteiger partial charge in [-0.15, -0.1) is 11.6 Å². The number of methoxy groups -OCH3 is 1. The second-order valence-electron chi connectivity index (χ2n) is 4.40. The Morgan fingerprint density at radius 1 is 1.18 bits per heavy atom. The lowest BCUT2D eigenvalue weighted by atomic mass is 10.1. The van der Waals surface area contributed by atoms with Crippen LogP contribution >= 0.6 is 11.6 Å². The van der Waals surface area contributed by atoms with Crippen molar-refractivity contribution in [3.05, 3.63) is 24.3 Å². The molecule has 0 amide bonds. The molecule has 1 aromatic rings. The van der Waals surface area contributed by atoms with Crippen LogP contribution in [0, 0.1) is 5.92 Å². The van der Waals surface area contributed by atoms with Crippen LogP contribution in [0.1, 0.15) is 26.7 Å². The van der Waals surface area contributed by atoms with Gasteiger partial charge in [-0.2, -0.15) is 0 Å². The molecule has 17 heavy (non-hydrogen) atoms. The van der Waals surface area contributed by atoms with Gasteiger partial charge in [0.05, 0.1) is 13.7 Å². The molecule has 0 saturated heterocycles. The summed E-state index contributed by atoms with van der Waals surface area (Å²) < 4.78 is 10.9. The van der Waals surface area contributed by atoms with Gasteiger partial charge in [0.25, 0.3) is 0 Å². The number of ether oxygens (including phenoxy) is 2. The Morgan fingerprint density at radius 2 is 1.82 bits per heavy atom. The molecule has 1 rings (SSSR count). The standard InChI is InChI=1S/C14H21ClO2/c1-11(2)12(15)7-6-10-17-14-9-5-4-8-13(14)16-3/h4-5,8-9,11-12H,6-7,10H2,1-3H3. The van der Waals surface area contributed by atoms with Crippen molar-refractivity contribution < 1.29 is 9.47 Å². The Kier molecular flexibility index (Phi) is 6.20. The average Bonchev–Trinajstić information content (AvgIpc) is 2.34.